The molecule has 16 heavy (non-hydrogen) atoms. The summed E-state index contributed by atoms with van der Waals surface area (Å²) < 4.78 is 6.38. The van der Waals surface area contributed by atoms with E-state index in [-0.39, 0.29) is 19.1 Å². The van der Waals surface area contributed by atoms with E-state index in [0.29, 0.717) is 5.82 Å². The summed E-state index contributed by atoms with van der Waals surface area (Å²) in [6.07, 6.45) is 0.353. The summed E-state index contributed by atoms with van der Waals surface area (Å²) >= 11 is 0. The first-order valence-electron chi connectivity index (χ1n) is 5.29. The third kappa shape index (κ3) is 3.03. The van der Waals surface area contributed by atoms with E-state index >= 15 is 0 Å². The molecular weight excluding hydrogens is 210 g/mol. The number of carbonyl (C=O) groups is 1. The van der Waals surface area contributed by atoms with Crippen LogP contribution in [0.5, 0.6) is 0 Å². The van der Waals surface area contributed by atoms with Crippen LogP contribution < -0.4 is 0 Å². The highest BCUT2D eigenvalue weighted by molar-refractivity contribution is 5.74. The lowest BCUT2D eigenvalue weighted by Crippen LogP contribution is -2.27. The van der Waals surface area contributed by atoms with Gasteiger partial charge in [0.15, 0.2) is 6.10 Å². The zero-order valence-electron chi connectivity index (χ0n) is 9.75. The second kappa shape index (κ2) is 5.60. The number of hydrogen-bond donors (Lipinski definition) is 1. The van der Waals surface area contributed by atoms with Gasteiger partial charge in [0.2, 0.25) is 0 Å². The molecule has 0 aliphatic carbocycles. The molecule has 0 fully saturated rings. The van der Waals surface area contributed by atoms with Gasteiger partial charge in [-0.25, -0.2) is 14.5 Å². The van der Waals surface area contributed by atoms with Crippen LogP contribution in [0.25, 0.3) is 0 Å². The Kier molecular flexibility index (Phi) is 4.42. The molecule has 0 aliphatic heterocycles. The summed E-state index contributed by atoms with van der Waals surface area (Å²) in [6, 6.07) is 0.145. The summed E-state index contributed by atoms with van der Waals surface area (Å²) in [7, 11) is 0. The normalized spacial score (nSPS) is 12.8. The summed E-state index contributed by atoms with van der Waals surface area (Å²) in [5.74, 6) is -0.0450. The van der Waals surface area contributed by atoms with E-state index in [1.165, 1.54) is 6.33 Å². The van der Waals surface area contributed by atoms with Gasteiger partial charge in [0.25, 0.3) is 0 Å². The van der Waals surface area contributed by atoms with E-state index in [1.54, 1.807) is 11.6 Å². The number of esters is 1. The SMILES string of the molecule is CCOC(=O)C(O)Cc1ncnn1C(C)C. The third-order valence-corrected chi connectivity index (χ3v) is 2.07. The van der Waals surface area contributed by atoms with E-state index in [1.807, 2.05) is 13.8 Å². The molecule has 1 atom stereocenters. The Balaban J connectivity index is 2.65. The predicted octanol–water partition coefficient (Wildman–Crippen LogP) is 0.325. The maximum Gasteiger partial charge on any atom is 0.335 e. The minimum atomic E-state index is -1.18. The van der Waals surface area contributed by atoms with Gasteiger partial charge in [-0.3, -0.25) is 0 Å². The predicted molar refractivity (Wildman–Crippen MR) is 56.8 cm³/mol. The Morgan fingerprint density at radius 1 is 1.62 bits per heavy atom. The molecule has 0 saturated heterocycles. The van der Waals surface area contributed by atoms with Crippen molar-refractivity contribution in [2.45, 2.75) is 39.3 Å². The van der Waals surface area contributed by atoms with Crippen molar-refractivity contribution in [3.05, 3.63) is 12.2 Å². The monoisotopic (exact) mass is 227 g/mol. The van der Waals surface area contributed by atoms with Gasteiger partial charge in [0.05, 0.1) is 6.61 Å². The molecular formula is C10H17N3O3. The largest absolute Gasteiger partial charge is 0.464 e. The molecule has 1 aromatic heterocycles. The first-order chi connectivity index (χ1) is 7.56. The Hall–Kier alpha value is -1.43. The molecule has 1 unspecified atom stereocenters. The van der Waals surface area contributed by atoms with E-state index in [9.17, 15) is 9.90 Å². The van der Waals surface area contributed by atoms with Crippen molar-refractivity contribution in [3.63, 3.8) is 0 Å². The first kappa shape index (κ1) is 12.6. The van der Waals surface area contributed by atoms with Crippen LogP contribution in [0.15, 0.2) is 6.33 Å². The van der Waals surface area contributed by atoms with Gasteiger partial charge >= 0.3 is 5.97 Å². The molecule has 0 bridgehead atoms. The van der Waals surface area contributed by atoms with E-state index < -0.39 is 12.1 Å². The van der Waals surface area contributed by atoms with Crippen molar-refractivity contribution in [1.82, 2.24) is 14.8 Å². The molecule has 1 heterocycles. The van der Waals surface area contributed by atoms with Crippen molar-refractivity contribution in [3.8, 4) is 0 Å². The topological polar surface area (TPSA) is 77.2 Å². The van der Waals surface area contributed by atoms with Crippen LogP contribution in [0.1, 0.15) is 32.6 Å². The molecule has 1 aromatic rings. The highest BCUT2D eigenvalue weighted by Crippen LogP contribution is 2.08. The first-order valence-corrected chi connectivity index (χ1v) is 5.29. The highest BCUT2D eigenvalue weighted by atomic mass is 16.5. The standard InChI is InChI=1S/C10H17N3O3/c1-4-16-10(15)8(14)5-9-11-6-12-13(9)7(2)3/h6-8,14H,4-5H2,1-3H3. The minimum Gasteiger partial charge on any atom is -0.464 e. The Morgan fingerprint density at radius 3 is 2.88 bits per heavy atom. The van der Waals surface area contributed by atoms with Crippen LogP contribution in [0.4, 0.5) is 0 Å². The molecule has 0 saturated carbocycles. The third-order valence-electron chi connectivity index (χ3n) is 2.07. The van der Waals surface area contributed by atoms with Crippen LogP contribution in [0, 0.1) is 0 Å². The van der Waals surface area contributed by atoms with Crippen LogP contribution in [-0.4, -0.2) is 38.6 Å². The molecule has 90 valence electrons. The van der Waals surface area contributed by atoms with Crippen LogP contribution in [-0.2, 0) is 16.0 Å². The van der Waals surface area contributed by atoms with E-state index in [2.05, 4.69) is 10.1 Å². The molecule has 0 radical (unpaired) electrons. The lowest BCUT2D eigenvalue weighted by Gasteiger charge is -2.12. The van der Waals surface area contributed by atoms with E-state index in [4.69, 9.17) is 4.74 Å². The van der Waals surface area contributed by atoms with E-state index in [0.717, 1.165) is 0 Å². The molecule has 0 aliphatic rings. The number of aliphatic hydroxyl groups is 1. The Bertz CT molecular complexity index is 349. The van der Waals surface area contributed by atoms with Crippen molar-refractivity contribution in [2.24, 2.45) is 0 Å². The van der Waals surface area contributed by atoms with Crippen LogP contribution >= 0.6 is 0 Å². The molecule has 0 amide bonds. The quantitative estimate of drug-likeness (QED) is 0.733. The smallest absolute Gasteiger partial charge is 0.335 e. The van der Waals surface area contributed by atoms with Crippen molar-refractivity contribution in [2.75, 3.05) is 6.61 Å². The van der Waals surface area contributed by atoms with Crippen molar-refractivity contribution < 1.29 is 14.6 Å². The number of ether oxygens (including phenoxy) is 1. The highest BCUT2D eigenvalue weighted by Gasteiger charge is 2.20. The average molecular weight is 227 g/mol. The average Bonchev–Trinajstić information content (AvgIpc) is 2.66. The number of rotatable bonds is 5. The minimum absolute atomic E-state index is 0.122. The maximum atomic E-state index is 11.2. The molecule has 0 aromatic carbocycles. The summed E-state index contributed by atoms with van der Waals surface area (Å²) in [5.41, 5.74) is 0. The van der Waals surface area contributed by atoms with Gasteiger partial charge < -0.3 is 9.84 Å². The number of nitrogens with zero attached hydrogens (tertiary/aromatic N) is 3. The molecule has 1 rings (SSSR count). The van der Waals surface area contributed by atoms with Gasteiger partial charge in [0, 0.05) is 12.5 Å². The van der Waals surface area contributed by atoms with Gasteiger partial charge in [-0.2, -0.15) is 5.10 Å². The Labute approximate surface area is 94.2 Å². The van der Waals surface area contributed by atoms with Gasteiger partial charge in [0.1, 0.15) is 12.2 Å². The number of aliphatic hydroxyl groups excluding tert-OH is 1. The second-order valence-corrected chi connectivity index (χ2v) is 3.69. The fraction of sp³-hybridized carbons (Fsp3) is 0.700. The molecule has 6 nitrogen and oxygen atoms in total. The number of hydrogen-bond acceptors (Lipinski definition) is 5. The van der Waals surface area contributed by atoms with Crippen LogP contribution in [0.3, 0.4) is 0 Å². The lowest BCUT2D eigenvalue weighted by molar-refractivity contribution is -0.153. The maximum absolute atomic E-state index is 11.2. The summed E-state index contributed by atoms with van der Waals surface area (Å²) in [4.78, 5) is 15.2. The second-order valence-electron chi connectivity index (χ2n) is 3.69. The molecule has 6 heteroatoms. The van der Waals surface area contributed by atoms with Gasteiger partial charge in [-0.05, 0) is 20.8 Å². The number of aromatic nitrogens is 3. The summed E-state index contributed by atoms with van der Waals surface area (Å²) in [6.45, 7) is 5.86. The molecule has 0 spiro atoms. The zero-order chi connectivity index (χ0) is 12.1. The van der Waals surface area contributed by atoms with Gasteiger partial charge in [-0.1, -0.05) is 0 Å². The summed E-state index contributed by atoms with van der Waals surface area (Å²) in [5, 5.41) is 13.6. The molecule has 1 N–H and O–H groups in total. The lowest BCUT2D eigenvalue weighted by atomic mass is 10.2. The van der Waals surface area contributed by atoms with Gasteiger partial charge in [-0.15, -0.1) is 0 Å². The van der Waals surface area contributed by atoms with Crippen molar-refractivity contribution in [1.29, 1.82) is 0 Å². The number of carbonyl (C=O) groups excluding carboxylic acids is 1. The van der Waals surface area contributed by atoms with Crippen molar-refractivity contribution >= 4 is 5.97 Å². The fourth-order valence-corrected chi connectivity index (χ4v) is 1.35. The Morgan fingerprint density at radius 2 is 2.31 bits per heavy atom. The zero-order valence-corrected chi connectivity index (χ0v) is 9.75. The van der Waals surface area contributed by atoms with Crippen LogP contribution in [0.2, 0.25) is 0 Å². The fourth-order valence-electron chi connectivity index (χ4n) is 1.35.